The van der Waals surface area contributed by atoms with Crippen LogP contribution in [0.5, 0.6) is 0 Å². The van der Waals surface area contributed by atoms with E-state index in [-0.39, 0.29) is 0 Å². The molecule has 3 fully saturated rings. The van der Waals surface area contributed by atoms with Crippen molar-refractivity contribution in [3.05, 3.63) is 48.3 Å². The van der Waals surface area contributed by atoms with Gasteiger partial charge in [0, 0.05) is 76.4 Å². The lowest BCUT2D eigenvalue weighted by Gasteiger charge is -2.36. The van der Waals surface area contributed by atoms with E-state index in [1.807, 2.05) is 30.9 Å². The molecular formula is C21H29N5O. The summed E-state index contributed by atoms with van der Waals surface area (Å²) in [6.45, 7) is 6.73. The Morgan fingerprint density at radius 3 is 2.96 bits per heavy atom. The van der Waals surface area contributed by atoms with E-state index in [0.717, 1.165) is 51.4 Å². The van der Waals surface area contributed by atoms with Gasteiger partial charge in [-0.2, -0.15) is 0 Å². The molecule has 0 N–H and O–H groups in total. The van der Waals surface area contributed by atoms with Crippen LogP contribution in [0.1, 0.15) is 37.6 Å². The molecule has 2 aromatic heterocycles. The molecule has 6 heteroatoms. The van der Waals surface area contributed by atoms with Crippen LogP contribution in [0.3, 0.4) is 0 Å². The summed E-state index contributed by atoms with van der Waals surface area (Å²) in [5.41, 5.74) is 1.25. The highest BCUT2D eigenvalue weighted by molar-refractivity contribution is 5.76. The molecule has 0 aromatic carbocycles. The van der Waals surface area contributed by atoms with Crippen molar-refractivity contribution in [2.45, 2.75) is 51.7 Å². The topological polar surface area (TPSA) is 54.3 Å². The van der Waals surface area contributed by atoms with Gasteiger partial charge in [0.05, 0.1) is 0 Å². The van der Waals surface area contributed by atoms with Crippen LogP contribution < -0.4 is 0 Å². The Labute approximate surface area is 161 Å². The molecule has 2 bridgehead atoms. The summed E-state index contributed by atoms with van der Waals surface area (Å²) in [7, 11) is 0. The van der Waals surface area contributed by atoms with Crippen molar-refractivity contribution in [1.82, 2.24) is 24.3 Å². The highest BCUT2D eigenvalue weighted by Gasteiger charge is 2.36. The van der Waals surface area contributed by atoms with Crippen LogP contribution in [0, 0.1) is 5.92 Å². The van der Waals surface area contributed by atoms with Gasteiger partial charge in [-0.1, -0.05) is 13.0 Å². The molecule has 3 saturated heterocycles. The fourth-order valence-electron chi connectivity index (χ4n) is 4.58. The van der Waals surface area contributed by atoms with Gasteiger partial charge >= 0.3 is 0 Å². The normalized spacial score (nSPS) is 22.8. The molecule has 1 amide bonds. The van der Waals surface area contributed by atoms with Gasteiger partial charge in [0.25, 0.3) is 0 Å². The molecule has 6 nitrogen and oxygen atoms in total. The summed E-state index contributed by atoms with van der Waals surface area (Å²) >= 11 is 0. The van der Waals surface area contributed by atoms with Gasteiger partial charge in [-0.3, -0.25) is 14.7 Å². The van der Waals surface area contributed by atoms with Crippen LogP contribution in [0.25, 0.3) is 0 Å². The maximum atomic E-state index is 13.0. The van der Waals surface area contributed by atoms with E-state index >= 15 is 0 Å². The zero-order chi connectivity index (χ0) is 18.6. The highest BCUT2D eigenvalue weighted by Crippen LogP contribution is 2.29. The second-order valence-corrected chi connectivity index (χ2v) is 7.84. The number of aromatic nitrogens is 3. The van der Waals surface area contributed by atoms with Gasteiger partial charge in [-0.25, -0.2) is 4.98 Å². The molecule has 5 rings (SSSR count). The number of carbonyl (C=O) groups excluding carboxylic acids is 1. The number of amides is 1. The number of imidazole rings is 1. The lowest BCUT2D eigenvalue weighted by Crippen LogP contribution is -2.47. The SMILES string of the molecule is CCc1nccn1CCC(=O)N1C[C@H]2CC[C@@H]1CN(Cc1cccnc1)C2. The minimum atomic E-state index is 0.295. The monoisotopic (exact) mass is 367 g/mol. The second kappa shape index (κ2) is 8.21. The minimum absolute atomic E-state index is 0.295. The number of hydrogen-bond donors (Lipinski definition) is 0. The van der Waals surface area contributed by atoms with Crippen LogP contribution in [0.2, 0.25) is 0 Å². The van der Waals surface area contributed by atoms with E-state index < -0.39 is 0 Å². The Hall–Kier alpha value is -2.21. The standard InChI is InChI=1S/C21H29N5O/c1-2-20-23-9-11-25(20)10-7-21(27)26-15-18-5-6-19(26)16-24(14-18)13-17-4-3-8-22-12-17/h3-4,8-9,11-12,18-19H,2,5-7,10,13-16H2,1H3/t18-,19+/m0/s1. The highest BCUT2D eigenvalue weighted by atomic mass is 16.2. The summed E-state index contributed by atoms with van der Waals surface area (Å²) in [5.74, 6) is 1.94. The minimum Gasteiger partial charge on any atom is -0.338 e. The first-order chi connectivity index (χ1) is 13.2. The van der Waals surface area contributed by atoms with Crippen LogP contribution >= 0.6 is 0 Å². The molecule has 0 saturated carbocycles. The molecule has 27 heavy (non-hydrogen) atoms. The third-order valence-electron chi connectivity index (χ3n) is 5.92. The van der Waals surface area contributed by atoms with E-state index in [0.29, 0.717) is 24.3 Å². The summed E-state index contributed by atoms with van der Waals surface area (Å²) in [4.78, 5) is 26.2. The Morgan fingerprint density at radius 1 is 1.22 bits per heavy atom. The molecule has 3 aliphatic heterocycles. The zero-order valence-corrected chi connectivity index (χ0v) is 16.1. The first-order valence-electron chi connectivity index (χ1n) is 10.1. The summed E-state index contributed by atoms with van der Waals surface area (Å²) < 4.78 is 2.11. The average Bonchev–Trinajstić information content (AvgIpc) is 2.98. The summed E-state index contributed by atoms with van der Waals surface area (Å²) in [5, 5.41) is 0. The maximum absolute atomic E-state index is 13.0. The van der Waals surface area contributed by atoms with Gasteiger partial charge in [-0.05, 0) is 30.4 Å². The number of fused-ring (bicyclic) bond motifs is 4. The Kier molecular flexibility index (Phi) is 5.53. The van der Waals surface area contributed by atoms with Gasteiger partial charge in [0.15, 0.2) is 0 Å². The molecule has 2 aromatic rings. The number of rotatable bonds is 6. The van der Waals surface area contributed by atoms with Crippen molar-refractivity contribution < 1.29 is 4.79 Å². The quantitative estimate of drug-likeness (QED) is 0.786. The number of piperidine rings is 1. The Bertz CT molecular complexity index is 759. The van der Waals surface area contributed by atoms with Crippen molar-refractivity contribution in [2.24, 2.45) is 5.92 Å². The first-order valence-corrected chi connectivity index (χ1v) is 10.1. The van der Waals surface area contributed by atoms with Crippen molar-refractivity contribution in [2.75, 3.05) is 19.6 Å². The Balaban J connectivity index is 1.37. The smallest absolute Gasteiger partial charge is 0.224 e. The first kappa shape index (κ1) is 18.2. The van der Waals surface area contributed by atoms with Gasteiger partial charge in [0.2, 0.25) is 5.91 Å². The molecule has 5 heterocycles. The third-order valence-corrected chi connectivity index (χ3v) is 5.92. The molecule has 2 atom stereocenters. The number of hydrogen-bond acceptors (Lipinski definition) is 4. The van der Waals surface area contributed by atoms with E-state index in [1.165, 1.54) is 12.0 Å². The number of nitrogens with zero attached hydrogens (tertiary/aromatic N) is 5. The number of aryl methyl sites for hydroxylation is 2. The van der Waals surface area contributed by atoms with Crippen molar-refractivity contribution >= 4 is 5.91 Å². The van der Waals surface area contributed by atoms with Crippen molar-refractivity contribution in [1.29, 1.82) is 0 Å². The van der Waals surface area contributed by atoms with Crippen LogP contribution in [0.4, 0.5) is 0 Å². The van der Waals surface area contributed by atoms with Crippen LogP contribution in [0.15, 0.2) is 36.9 Å². The molecular weight excluding hydrogens is 338 g/mol. The third kappa shape index (κ3) is 4.21. The average molecular weight is 367 g/mol. The van der Waals surface area contributed by atoms with Gasteiger partial charge < -0.3 is 9.47 Å². The fraction of sp³-hybridized carbons (Fsp3) is 0.571. The van der Waals surface area contributed by atoms with E-state index in [9.17, 15) is 4.79 Å². The number of pyridine rings is 1. The van der Waals surface area contributed by atoms with Crippen LogP contribution in [-0.2, 0) is 24.3 Å². The van der Waals surface area contributed by atoms with Gasteiger partial charge in [0.1, 0.15) is 5.82 Å². The van der Waals surface area contributed by atoms with Crippen molar-refractivity contribution in [3.8, 4) is 0 Å². The maximum Gasteiger partial charge on any atom is 0.224 e. The molecule has 0 unspecified atom stereocenters. The largest absolute Gasteiger partial charge is 0.338 e. The van der Waals surface area contributed by atoms with E-state index in [2.05, 4.69) is 37.3 Å². The molecule has 144 valence electrons. The molecule has 0 spiro atoms. The predicted octanol–water partition coefficient (Wildman–Crippen LogP) is 2.35. The number of carbonyl (C=O) groups is 1. The molecule has 3 aliphatic rings. The lowest BCUT2D eigenvalue weighted by atomic mass is 9.94. The second-order valence-electron chi connectivity index (χ2n) is 7.84. The van der Waals surface area contributed by atoms with Gasteiger partial charge in [-0.15, -0.1) is 0 Å². The molecule has 0 aliphatic carbocycles. The Morgan fingerprint density at radius 2 is 2.15 bits per heavy atom. The van der Waals surface area contributed by atoms with E-state index in [1.54, 1.807) is 0 Å². The molecule has 0 radical (unpaired) electrons. The fourth-order valence-corrected chi connectivity index (χ4v) is 4.58. The van der Waals surface area contributed by atoms with Crippen LogP contribution in [-0.4, -0.2) is 55.9 Å². The summed E-state index contributed by atoms with van der Waals surface area (Å²) in [6, 6.07) is 4.48. The zero-order valence-electron chi connectivity index (χ0n) is 16.1. The van der Waals surface area contributed by atoms with E-state index in [4.69, 9.17) is 0 Å². The summed E-state index contributed by atoms with van der Waals surface area (Å²) in [6.07, 6.45) is 11.4. The predicted molar refractivity (Wildman–Crippen MR) is 104 cm³/mol. The lowest BCUT2D eigenvalue weighted by molar-refractivity contribution is -0.135. The van der Waals surface area contributed by atoms with Crippen molar-refractivity contribution in [3.63, 3.8) is 0 Å².